The summed E-state index contributed by atoms with van der Waals surface area (Å²) in [5.41, 5.74) is 4.66. The molecule has 0 radical (unpaired) electrons. The quantitative estimate of drug-likeness (QED) is 0.823. The van der Waals surface area contributed by atoms with Gasteiger partial charge < -0.3 is 14.6 Å². The smallest absolute Gasteiger partial charge is 0.335 e. The number of H-pyrrole nitrogens is 1. The van der Waals surface area contributed by atoms with Crippen LogP contribution in [0.25, 0.3) is 10.9 Å². The first-order valence-corrected chi connectivity index (χ1v) is 7.79. The van der Waals surface area contributed by atoms with E-state index in [9.17, 15) is 4.79 Å². The lowest BCUT2D eigenvalue weighted by Gasteiger charge is -2.47. The van der Waals surface area contributed by atoms with E-state index in [1.807, 2.05) is 6.20 Å². The Morgan fingerprint density at radius 3 is 2.95 bits per heavy atom. The third kappa shape index (κ3) is 1.73. The Labute approximate surface area is 129 Å². The van der Waals surface area contributed by atoms with Crippen molar-refractivity contribution >= 4 is 16.9 Å². The van der Waals surface area contributed by atoms with Gasteiger partial charge in [-0.3, -0.25) is 0 Å². The van der Waals surface area contributed by atoms with Crippen molar-refractivity contribution in [1.29, 1.82) is 0 Å². The van der Waals surface area contributed by atoms with Crippen molar-refractivity contribution in [2.24, 2.45) is 0 Å². The maximum absolute atomic E-state index is 11.8. The minimum atomic E-state index is -0.204. The van der Waals surface area contributed by atoms with Gasteiger partial charge >= 0.3 is 5.97 Å². The average molecular weight is 296 g/mol. The van der Waals surface area contributed by atoms with Crippen molar-refractivity contribution < 1.29 is 9.53 Å². The van der Waals surface area contributed by atoms with Crippen LogP contribution in [0.2, 0.25) is 0 Å². The molecule has 1 N–H and O–H groups in total. The molecule has 1 aromatic carbocycles. The second kappa shape index (κ2) is 4.63. The fourth-order valence-electron chi connectivity index (χ4n) is 3.93. The van der Waals surface area contributed by atoms with Crippen LogP contribution in [-0.4, -0.2) is 29.5 Å². The van der Waals surface area contributed by atoms with Crippen LogP contribution in [0.5, 0.6) is 0 Å². The van der Waals surface area contributed by atoms with Crippen LogP contribution >= 0.6 is 0 Å². The van der Waals surface area contributed by atoms with Gasteiger partial charge in [0.25, 0.3) is 0 Å². The van der Waals surface area contributed by atoms with Gasteiger partial charge in [0.05, 0.1) is 18.2 Å². The summed E-state index contributed by atoms with van der Waals surface area (Å²) in [5, 5.41) is 1.33. The number of benzene rings is 1. The van der Waals surface area contributed by atoms with Crippen molar-refractivity contribution in [2.45, 2.75) is 31.7 Å². The molecule has 1 aromatic heterocycles. The summed E-state index contributed by atoms with van der Waals surface area (Å²) in [4.78, 5) is 17.7. The van der Waals surface area contributed by atoms with E-state index in [0.29, 0.717) is 0 Å². The number of para-hydroxylation sites is 1. The van der Waals surface area contributed by atoms with Gasteiger partial charge in [0.2, 0.25) is 0 Å². The van der Waals surface area contributed by atoms with E-state index < -0.39 is 0 Å². The number of hydrogen-bond acceptors (Lipinski definition) is 3. The highest BCUT2D eigenvalue weighted by Crippen LogP contribution is 2.44. The molecule has 114 valence electrons. The fraction of sp³-hybridized carbons (Fsp3) is 0.389. The SMILES string of the molecule is COC(=O)C1=CN2CCc3c([nH]c4ccccc34)C2(C)CC1. The van der Waals surface area contributed by atoms with Crippen molar-refractivity contribution in [3.63, 3.8) is 0 Å². The first-order valence-electron chi connectivity index (χ1n) is 7.79. The van der Waals surface area contributed by atoms with Crippen LogP contribution in [0.4, 0.5) is 0 Å². The zero-order valence-corrected chi connectivity index (χ0v) is 13.0. The molecule has 1 atom stereocenters. The zero-order valence-electron chi connectivity index (χ0n) is 13.0. The van der Waals surface area contributed by atoms with Crippen LogP contribution in [0.15, 0.2) is 36.0 Å². The van der Waals surface area contributed by atoms with Gasteiger partial charge in [0.15, 0.2) is 0 Å². The molecular formula is C18H20N2O2. The lowest BCUT2D eigenvalue weighted by atomic mass is 9.80. The molecule has 4 heteroatoms. The minimum Gasteiger partial charge on any atom is -0.466 e. The number of carbonyl (C=O) groups is 1. The predicted octanol–water partition coefficient (Wildman–Crippen LogP) is 3.09. The molecule has 2 aromatic rings. The summed E-state index contributed by atoms with van der Waals surface area (Å²) in [6, 6.07) is 8.50. The molecule has 4 rings (SSSR count). The zero-order chi connectivity index (χ0) is 15.3. The number of ether oxygens (including phenoxy) is 1. The number of rotatable bonds is 1. The highest BCUT2D eigenvalue weighted by molar-refractivity contribution is 5.89. The van der Waals surface area contributed by atoms with Crippen LogP contribution in [-0.2, 0) is 21.5 Å². The van der Waals surface area contributed by atoms with Crippen molar-refractivity contribution in [1.82, 2.24) is 9.88 Å². The van der Waals surface area contributed by atoms with Crippen LogP contribution < -0.4 is 0 Å². The normalized spacial score (nSPS) is 23.7. The van der Waals surface area contributed by atoms with E-state index in [1.54, 1.807) is 0 Å². The molecule has 4 nitrogen and oxygen atoms in total. The van der Waals surface area contributed by atoms with Gasteiger partial charge in [-0.25, -0.2) is 4.79 Å². The number of aromatic nitrogens is 1. The molecule has 2 aliphatic heterocycles. The molecule has 22 heavy (non-hydrogen) atoms. The third-order valence-corrected chi connectivity index (χ3v) is 5.23. The molecule has 0 saturated heterocycles. The largest absolute Gasteiger partial charge is 0.466 e. The van der Waals surface area contributed by atoms with Gasteiger partial charge in [-0.1, -0.05) is 18.2 Å². The summed E-state index contributed by atoms with van der Waals surface area (Å²) < 4.78 is 4.88. The lowest BCUT2D eigenvalue weighted by molar-refractivity contribution is -0.136. The predicted molar refractivity (Wildman–Crippen MR) is 85.4 cm³/mol. The number of aromatic amines is 1. The molecule has 0 aliphatic carbocycles. The van der Waals surface area contributed by atoms with Gasteiger partial charge in [-0.05, 0) is 37.8 Å². The van der Waals surface area contributed by atoms with Crippen LogP contribution in [0, 0.1) is 0 Å². The topological polar surface area (TPSA) is 45.3 Å². The number of fused-ring (bicyclic) bond motifs is 5. The molecule has 0 bridgehead atoms. The number of carbonyl (C=O) groups excluding carboxylic acids is 1. The lowest BCUT2D eigenvalue weighted by Crippen LogP contribution is -2.48. The van der Waals surface area contributed by atoms with Crippen molar-refractivity contribution in [2.75, 3.05) is 13.7 Å². The van der Waals surface area contributed by atoms with E-state index in [-0.39, 0.29) is 11.5 Å². The summed E-state index contributed by atoms with van der Waals surface area (Å²) in [6.07, 6.45) is 4.69. The second-order valence-electron chi connectivity index (χ2n) is 6.39. The Morgan fingerprint density at radius 1 is 1.32 bits per heavy atom. The number of hydrogen-bond donors (Lipinski definition) is 1. The number of esters is 1. The van der Waals surface area contributed by atoms with Crippen LogP contribution in [0.3, 0.4) is 0 Å². The van der Waals surface area contributed by atoms with E-state index in [1.165, 1.54) is 29.3 Å². The monoisotopic (exact) mass is 296 g/mol. The molecule has 0 fully saturated rings. The number of nitrogens with one attached hydrogen (secondary N) is 1. The molecule has 1 unspecified atom stereocenters. The number of methoxy groups -OCH3 is 1. The molecule has 0 amide bonds. The maximum Gasteiger partial charge on any atom is 0.335 e. The van der Waals surface area contributed by atoms with E-state index in [0.717, 1.165) is 31.4 Å². The fourth-order valence-corrected chi connectivity index (χ4v) is 3.93. The van der Waals surface area contributed by atoms with Crippen molar-refractivity contribution in [3.8, 4) is 0 Å². The molecule has 0 saturated carbocycles. The standard InChI is InChI=1S/C18H20N2O2/c1-18-9-7-12(17(21)22-2)11-20(18)10-8-14-13-5-3-4-6-15(13)19-16(14)18/h3-6,11,19H,7-10H2,1-2H3. The first kappa shape index (κ1) is 13.4. The van der Waals surface area contributed by atoms with Gasteiger partial charge in [-0.2, -0.15) is 0 Å². The number of nitrogens with zero attached hydrogens (tertiary/aromatic N) is 1. The highest BCUT2D eigenvalue weighted by Gasteiger charge is 2.42. The van der Waals surface area contributed by atoms with Crippen molar-refractivity contribution in [3.05, 3.63) is 47.3 Å². The molecular weight excluding hydrogens is 276 g/mol. The Bertz CT molecular complexity index is 789. The third-order valence-electron chi connectivity index (χ3n) is 5.23. The molecule has 2 aliphatic rings. The van der Waals surface area contributed by atoms with Crippen LogP contribution in [0.1, 0.15) is 31.0 Å². The molecule has 0 spiro atoms. The Morgan fingerprint density at radius 2 is 2.14 bits per heavy atom. The minimum absolute atomic E-state index is 0.0654. The molecule has 3 heterocycles. The maximum atomic E-state index is 11.8. The summed E-state index contributed by atoms with van der Waals surface area (Å²) in [6.45, 7) is 3.21. The average Bonchev–Trinajstić information content (AvgIpc) is 2.93. The van der Waals surface area contributed by atoms with Gasteiger partial charge in [0.1, 0.15) is 0 Å². The van der Waals surface area contributed by atoms with Gasteiger partial charge in [0, 0.05) is 29.3 Å². The van der Waals surface area contributed by atoms with Gasteiger partial charge in [-0.15, -0.1) is 0 Å². The van der Waals surface area contributed by atoms with E-state index in [2.05, 4.69) is 41.1 Å². The highest BCUT2D eigenvalue weighted by atomic mass is 16.5. The summed E-state index contributed by atoms with van der Waals surface area (Å²) >= 11 is 0. The first-order chi connectivity index (χ1) is 10.6. The van der Waals surface area contributed by atoms with E-state index in [4.69, 9.17) is 4.74 Å². The Balaban J connectivity index is 1.82. The Hall–Kier alpha value is -2.23. The Kier molecular flexibility index (Phi) is 2.83. The summed E-state index contributed by atoms with van der Waals surface area (Å²) in [7, 11) is 1.45. The second-order valence-corrected chi connectivity index (χ2v) is 6.39. The van der Waals surface area contributed by atoms with E-state index >= 15 is 0 Å². The summed E-state index contributed by atoms with van der Waals surface area (Å²) in [5.74, 6) is -0.204.